The number of hydrogen-bond donors (Lipinski definition) is 2. The zero-order chi connectivity index (χ0) is 22.0. The number of nitro groups is 1. The Labute approximate surface area is 182 Å². The van der Waals surface area contributed by atoms with E-state index >= 15 is 0 Å². The third kappa shape index (κ3) is 2.99. The maximum Gasteiger partial charge on any atom is 0.270 e. The lowest BCUT2D eigenvalue weighted by atomic mass is 9.52. The summed E-state index contributed by atoms with van der Waals surface area (Å²) in [5.74, 6) is 1.41. The molecule has 2 N–H and O–H groups in total. The van der Waals surface area contributed by atoms with E-state index in [0.717, 1.165) is 32.1 Å². The second-order valence-corrected chi connectivity index (χ2v) is 9.46. The van der Waals surface area contributed by atoms with Gasteiger partial charge in [0.25, 0.3) is 11.6 Å². The van der Waals surface area contributed by atoms with Crippen LogP contribution in [0.4, 0.5) is 5.69 Å². The van der Waals surface area contributed by atoms with Crippen LogP contribution in [0.15, 0.2) is 36.5 Å². The summed E-state index contributed by atoms with van der Waals surface area (Å²) in [4.78, 5) is 47.9. The molecule has 32 heavy (non-hydrogen) atoms. The van der Waals surface area contributed by atoms with Gasteiger partial charge < -0.3 is 10.3 Å². The van der Waals surface area contributed by atoms with Gasteiger partial charge in [-0.2, -0.15) is 0 Å². The van der Waals surface area contributed by atoms with Gasteiger partial charge in [-0.05, 0) is 56.2 Å². The molecule has 4 bridgehead atoms. The molecule has 0 radical (unpaired) electrons. The van der Waals surface area contributed by atoms with Crippen LogP contribution in [0.5, 0.6) is 0 Å². The summed E-state index contributed by atoms with van der Waals surface area (Å²) < 4.78 is 0. The van der Waals surface area contributed by atoms with Crippen molar-refractivity contribution in [3.8, 4) is 11.4 Å². The van der Waals surface area contributed by atoms with Crippen molar-refractivity contribution < 1.29 is 14.5 Å². The fraction of sp³-hybridized carbons (Fsp3) is 0.391. The van der Waals surface area contributed by atoms with Gasteiger partial charge in [-0.25, -0.2) is 9.97 Å². The number of carbonyl (C=O) groups excluding carboxylic acids is 2. The van der Waals surface area contributed by atoms with Crippen molar-refractivity contribution in [3.05, 3.63) is 52.3 Å². The quantitative estimate of drug-likeness (QED) is 0.481. The predicted molar refractivity (Wildman–Crippen MR) is 115 cm³/mol. The molecule has 4 aliphatic carbocycles. The number of aromatic amines is 1. The second-order valence-electron chi connectivity index (χ2n) is 9.46. The summed E-state index contributed by atoms with van der Waals surface area (Å²) in [5, 5.41) is 14.1. The maximum absolute atomic E-state index is 13.1. The van der Waals surface area contributed by atoms with E-state index in [1.165, 1.54) is 12.1 Å². The molecular formula is C23H21N5O4. The highest BCUT2D eigenvalue weighted by Crippen LogP contribution is 2.54. The van der Waals surface area contributed by atoms with E-state index in [1.54, 1.807) is 24.4 Å². The summed E-state index contributed by atoms with van der Waals surface area (Å²) in [6.07, 6.45) is 5.92. The highest BCUT2D eigenvalue weighted by atomic mass is 16.6. The summed E-state index contributed by atoms with van der Waals surface area (Å²) in [6, 6.07) is 7.77. The summed E-state index contributed by atoms with van der Waals surface area (Å²) in [7, 11) is 0. The van der Waals surface area contributed by atoms with Crippen molar-refractivity contribution in [2.24, 2.45) is 17.8 Å². The number of H-pyrrole nitrogens is 1. The molecule has 2 unspecified atom stereocenters. The zero-order valence-electron chi connectivity index (χ0n) is 17.2. The minimum absolute atomic E-state index is 0.0110. The average molecular weight is 431 g/mol. The molecule has 1 aromatic carbocycles. The number of carbonyl (C=O) groups is 2. The van der Waals surface area contributed by atoms with E-state index in [0.29, 0.717) is 39.8 Å². The lowest BCUT2D eigenvalue weighted by Gasteiger charge is -2.55. The van der Waals surface area contributed by atoms with Crippen molar-refractivity contribution in [3.63, 3.8) is 0 Å². The highest BCUT2D eigenvalue weighted by Gasteiger charge is 2.55. The number of Topliss-reactive ketones (excluding diaryl/α,β-unsaturated/α-hetero) is 1. The largest absolute Gasteiger partial charge is 0.345 e. The molecule has 0 spiro atoms. The smallest absolute Gasteiger partial charge is 0.270 e. The molecule has 3 aromatic rings. The van der Waals surface area contributed by atoms with Gasteiger partial charge in [-0.3, -0.25) is 19.7 Å². The van der Waals surface area contributed by atoms with E-state index in [2.05, 4.69) is 20.3 Å². The Bertz CT molecular complexity index is 1260. The fourth-order valence-electron chi connectivity index (χ4n) is 6.12. The van der Waals surface area contributed by atoms with Crippen LogP contribution >= 0.6 is 0 Å². The van der Waals surface area contributed by atoms with Crippen molar-refractivity contribution in [2.75, 3.05) is 0 Å². The normalized spacial score (nSPS) is 28.2. The molecule has 4 atom stereocenters. The molecule has 0 aliphatic heterocycles. The molecule has 9 nitrogen and oxygen atoms in total. The van der Waals surface area contributed by atoms with Gasteiger partial charge in [0, 0.05) is 35.1 Å². The summed E-state index contributed by atoms with van der Waals surface area (Å²) in [6.45, 7) is 0. The fourth-order valence-corrected chi connectivity index (χ4v) is 6.12. The third-order valence-electron chi connectivity index (χ3n) is 7.32. The van der Waals surface area contributed by atoms with Crippen molar-refractivity contribution in [1.82, 2.24) is 20.3 Å². The standard InChI is InChI=1S/C23H21N5O4/c29-20-14-5-12-6-15(20)10-23(8-12,9-14)27-22(30)18-7-17-19(11-24-18)26-21(25-17)13-1-3-16(4-2-13)28(31)32/h1-4,7,11-12,14-15H,5-6,8-10H2,(H,25,26)(H,27,30)/t12?,14-,15+,23?. The second kappa shape index (κ2) is 6.69. The van der Waals surface area contributed by atoms with Crippen LogP contribution in [-0.4, -0.2) is 37.1 Å². The Balaban J connectivity index is 1.25. The van der Waals surface area contributed by atoms with Crippen molar-refractivity contribution >= 4 is 28.4 Å². The number of ketones is 1. The van der Waals surface area contributed by atoms with Gasteiger partial charge in [0.05, 0.1) is 22.2 Å². The Morgan fingerprint density at radius 2 is 1.88 bits per heavy atom. The number of rotatable bonds is 4. The van der Waals surface area contributed by atoms with Crippen molar-refractivity contribution in [1.29, 1.82) is 0 Å². The highest BCUT2D eigenvalue weighted by molar-refractivity contribution is 5.96. The number of amides is 1. The molecule has 0 saturated heterocycles. The molecule has 2 aromatic heterocycles. The number of aromatic nitrogens is 3. The lowest BCUT2D eigenvalue weighted by Crippen LogP contribution is -2.62. The Kier molecular flexibility index (Phi) is 3.99. The SMILES string of the molecule is O=C(NC12CC3C[C@H](C1)C(=O)[C@@H](C3)C2)c1cc2nc(-c3ccc([N+](=O)[O-])cc3)[nH]c2cn1. The number of nitrogens with zero attached hydrogens (tertiary/aromatic N) is 3. The summed E-state index contributed by atoms with van der Waals surface area (Å²) >= 11 is 0. The van der Waals surface area contributed by atoms with Crippen LogP contribution in [0.3, 0.4) is 0 Å². The number of non-ortho nitro benzene ring substituents is 1. The summed E-state index contributed by atoms with van der Waals surface area (Å²) in [5.41, 5.74) is 1.98. The molecular weight excluding hydrogens is 410 g/mol. The van der Waals surface area contributed by atoms with Gasteiger partial charge in [0.1, 0.15) is 17.3 Å². The first kappa shape index (κ1) is 19.1. The van der Waals surface area contributed by atoms with E-state index in [9.17, 15) is 19.7 Å². The Hall–Kier alpha value is -3.62. The third-order valence-corrected chi connectivity index (χ3v) is 7.32. The number of nitro benzene ring substituents is 1. The van der Waals surface area contributed by atoms with Crippen LogP contribution in [0, 0.1) is 27.9 Å². The number of fused-ring (bicyclic) bond motifs is 1. The lowest BCUT2D eigenvalue weighted by molar-refractivity contribution is -0.384. The molecule has 162 valence electrons. The molecule has 4 saturated carbocycles. The number of nitrogens with one attached hydrogen (secondary N) is 2. The average Bonchev–Trinajstić information content (AvgIpc) is 3.20. The Morgan fingerprint density at radius 1 is 1.16 bits per heavy atom. The molecule has 2 heterocycles. The zero-order valence-corrected chi connectivity index (χ0v) is 17.2. The number of benzene rings is 1. The molecule has 1 amide bonds. The van der Waals surface area contributed by atoms with Crippen LogP contribution in [-0.2, 0) is 4.79 Å². The van der Waals surface area contributed by atoms with Crippen LogP contribution in [0.2, 0.25) is 0 Å². The van der Waals surface area contributed by atoms with E-state index < -0.39 is 4.92 Å². The molecule has 4 fully saturated rings. The van der Waals surface area contributed by atoms with Crippen LogP contribution in [0.25, 0.3) is 22.4 Å². The minimum atomic E-state index is -0.447. The Morgan fingerprint density at radius 3 is 2.56 bits per heavy atom. The first-order valence-electron chi connectivity index (χ1n) is 10.9. The molecule has 4 aliphatic rings. The topological polar surface area (TPSA) is 131 Å². The molecule has 9 heteroatoms. The van der Waals surface area contributed by atoms with E-state index in [-0.39, 0.29) is 29.0 Å². The monoisotopic (exact) mass is 431 g/mol. The van der Waals surface area contributed by atoms with Gasteiger partial charge in [-0.15, -0.1) is 0 Å². The van der Waals surface area contributed by atoms with Gasteiger partial charge in [-0.1, -0.05) is 0 Å². The van der Waals surface area contributed by atoms with Crippen molar-refractivity contribution in [2.45, 2.75) is 37.6 Å². The molecule has 7 rings (SSSR count). The van der Waals surface area contributed by atoms with E-state index in [4.69, 9.17) is 0 Å². The predicted octanol–water partition coefficient (Wildman–Crippen LogP) is 3.41. The van der Waals surface area contributed by atoms with Gasteiger partial charge in [0.2, 0.25) is 0 Å². The van der Waals surface area contributed by atoms with Crippen LogP contribution in [0.1, 0.15) is 42.6 Å². The van der Waals surface area contributed by atoms with Gasteiger partial charge in [0.15, 0.2) is 0 Å². The first-order chi connectivity index (χ1) is 15.4. The number of imidazole rings is 1. The number of pyridine rings is 1. The maximum atomic E-state index is 13.1. The van der Waals surface area contributed by atoms with E-state index in [1.807, 2.05) is 0 Å². The minimum Gasteiger partial charge on any atom is -0.345 e. The first-order valence-corrected chi connectivity index (χ1v) is 10.9. The number of hydrogen-bond acceptors (Lipinski definition) is 6. The van der Waals surface area contributed by atoms with Gasteiger partial charge >= 0.3 is 0 Å². The van der Waals surface area contributed by atoms with Crippen LogP contribution < -0.4 is 5.32 Å².